The maximum Gasteiger partial charge on any atom is 0.423 e. The molecule has 1 saturated heterocycles. The Hall–Kier alpha value is -3.74. The highest BCUT2D eigenvalue weighted by Crippen LogP contribution is 2.37. The molecule has 1 N–H and O–H groups in total. The fourth-order valence-electron chi connectivity index (χ4n) is 4.81. The molecule has 2 atom stereocenters. The summed E-state index contributed by atoms with van der Waals surface area (Å²) in [4.78, 5) is 8.01. The number of hydrogen-bond donors (Lipinski definition) is 1. The number of aryl methyl sites for hydroxylation is 1. The first-order chi connectivity index (χ1) is 17.8. The van der Waals surface area contributed by atoms with Crippen molar-refractivity contribution in [2.75, 3.05) is 18.5 Å². The number of halogens is 3. The zero-order chi connectivity index (χ0) is 25.6. The van der Waals surface area contributed by atoms with E-state index in [4.69, 9.17) is 14.0 Å². The summed E-state index contributed by atoms with van der Waals surface area (Å²) in [5, 5.41) is 16.0. The van der Waals surface area contributed by atoms with Crippen LogP contribution in [0.25, 0.3) is 16.8 Å². The van der Waals surface area contributed by atoms with Crippen molar-refractivity contribution in [3.8, 4) is 17.0 Å². The van der Waals surface area contributed by atoms with Gasteiger partial charge in [-0.25, -0.2) is 4.98 Å². The van der Waals surface area contributed by atoms with Gasteiger partial charge in [-0.3, -0.25) is 4.40 Å². The zero-order valence-electron chi connectivity index (χ0n) is 19.9. The molecule has 1 aliphatic carbocycles. The van der Waals surface area contributed by atoms with Crippen molar-refractivity contribution < 1.29 is 27.2 Å². The molecule has 5 heterocycles. The first-order valence-corrected chi connectivity index (χ1v) is 12.1. The van der Waals surface area contributed by atoms with E-state index in [9.17, 15) is 13.2 Å². The smallest absolute Gasteiger partial charge is 0.423 e. The molecule has 6 rings (SSSR count). The number of pyridine rings is 1. The standard InChI is InChI=1S/C24H24F3N7O3/c1-13-18(12-36-33-13)15-5-6-20-31-32-21(34(20)9-15)14-3-2-4-16(7-14)29-23-28-8-19(24(25,26)27)22(30-23)37-17-10-35-11-17/h5-6,8-9,12,14,16-17H,2-4,7,10-11H2,1H3,(H,28,29,30)/t14-,16+/m0/s1. The SMILES string of the molecule is Cc1nocc1-c1ccc2nnc([C@H]3CCC[C@@H](Nc4ncc(C(F)(F)F)c(OC5COC5)n4)C3)n2c1. The average Bonchev–Trinajstić information content (AvgIpc) is 3.46. The molecule has 0 unspecified atom stereocenters. The van der Waals surface area contributed by atoms with Gasteiger partial charge in [0.2, 0.25) is 11.8 Å². The summed E-state index contributed by atoms with van der Waals surface area (Å²) in [6.45, 7) is 2.35. The van der Waals surface area contributed by atoms with Crippen LogP contribution >= 0.6 is 0 Å². The van der Waals surface area contributed by atoms with Crippen LogP contribution in [0.5, 0.6) is 5.88 Å². The molecule has 4 aromatic heterocycles. The maximum atomic E-state index is 13.5. The van der Waals surface area contributed by atoms with E-state index in [1.54, 1.807) is 6.26 Å². The van der Waals surface area contributed by atoms with Crippen molar-refractivity contribution in [2.45, 2.75) is 56.8 Å². The number of aromatic nitrogens is 6. The molecule has 1 aliphatic heterocycles. The third-order valence-electron chi connectivity index (χ3n) is 6.81. The van der Waals surface area contributed by atoms with Gasteiger partial charge in [0.1, 0.15) is 23.8 Å². The van der Waals surface area contributed by atoms with Crippen molar-refractivity contribution in [1.29, 1.82) is 0 Å². The highest BCUT2D eigenvalue weighted by molar-refractivity contribution is 5.65. The van der Waals surface area contributed by atoms with E-state index in [1.807, 2.05) is 29.7 Å². The van der Waals surface area contributed by atoms with Crippen molar-refractivity contribution in [2.24, 2.45) is 0 Å². The van der Waals surface area contributed by atoms with E-state index < -0.39 is 23.7 Å². The van der Waals surface area contributed by atoms with Gasteiger partial charge < -0.3 is 19.3 Å². The van der Waals surface area contributed by atoms with Gasteiger partial charge in [0, 0.05) is 35.5 Å². The second-order valence-corrected chi connectivity index (χ2v) is 9.41. The quantitative estimate of drug-likeness (QED) is 0.399. The Morgan fingerprint density at radius 3 is 2.76 bits per heavy atom. The van der Waals surface area contributed by atoms with Gasteiger partial charge >= 0.3 is 6.18 Å². The van der Waals surface area contributed by atoms with Gasteiger partial charge in [0.05, 0.1) is 18.9 Å². The number of anilines is 1. The van der Waals surface area contributed by atoms with Crippen molar-refractivity contribution >= 4 is 11.6 Å². The Morgan fingerprint density at radius 1 is 1.16 bits per heavy atom. The molecule has 2 fully saturated rings. The topological polar surface area (TPSA) is 112 Å². The number of ether oxygens (including phenoxy) is 2. The Bertz CT molecular complexity index is 1420. The van der Waals surface area contributed by atoms with Crippen LogP contribution in [0.2, 0.25) is 0 Å². The molecular formula is C24H24F3N7O3. The molecule has 0 bridgehead atoms. The minimum absolute atomic E-state index is 0.0498. The largest absolute Gasteiger partial charge is 0.469 e. The van der Waals surface area contributed by atoms with Gasteiger partial charge in [0.25, 0.3) is 0 Å². The van der Waals surface area contributed by atoms with E-state index in [0.717, 1.165) is 53.8 Å². The fourth-order valence-corrected chi connectivity index (χ4v) is 4.81. The summed E-state index contributed by atoms with van der Waals surface area (Å²) < 4.78 is 57.9. The van der Waals surface area contributed by atoms with E-state index in [-0.39, 0.29) is 31.1 Å². The molecule has 2 aliphatic rings. The number of hydrogen-bond acceptors (Lipinski definition) is 9. The molecular weight excluding hydrogens is 491 g/mol. The number of fused-ring (bicyclic) bond motifs is 1. The molecule has 0 spiro atoms. The van der Waals surface area contributed by atoms with Crippen LogP contribution in [-0.2, 0) is 10.9 Å². The van der Waals surface area contributed by atoms with E-state index in [0.29, 0.717) is 6.42 Å². The van der Waals surface area contributed by atoms with Gasteiger partial charge in [-0.05, 0) is 38.3 Å². The lowest BCUT2D eigenvalue weighted by Crippen LogP contribution is -2.39. The molecule has 10 nitrogen and oxygen atoms in total. The maximum absolute atomic E-state index is 13.5. The van der Waals surface area contributed by atoms with Crippen LogP contribution in [-0.4, -0.2) is 55.1 Å². The van der Waals surface area contributed by atoms with Gasteiger partial charge in [-0.1, -0.05) is 11.6 Å². The summed E-state index contributed by atoms with van der Waals surface area (Å²) >= 11 is 0. The molecule has 37 heavy (non-hydrogen) atoms. The number of nitrogens with one attached hydrogen (secondary N) is 1. The Kier molecular flexibility index (Phi) is 5.94. The molecule has 1 saturated carbocycles. The minimum atomic E-state index is -4.62. The summed E-state index contributed by atoms with van der Waals surface area (Å²) in [7, 11) is 0. The average molecular weight is 515 g/mol. The van der Waals surface area contributed by atoms with E-state index in [1.165, 1.54) is 0 Å². The summed E-state index contributed by atoms with van der Waals surface area (Å²) in [6.07, 6.45) is 2.65. The predicted octanol–water partition coefficient (Wildman–Crippen LogP) is 4.42. The van der Waals surface area contributed by atoms with E-state index >= 15 is 0 Å². The second-order valence-electron chi connectivity index (χ2n) is 9.41. The summed E-state index contributed by atoms with van der Waals surface area (Å²) in [5.74, 6) is 0.549. The number of nitrogens with zero attached hydrogens (tertiary/aromatic N) is 6. The monoisotopic (exact) mass is 515 g/mol. The lowest BCUT2D eigenvalue weighted by Gasteiger charge is -2.30. The lowest BCUT2D eigenvalue weighted by molar-refractivity contribution is -0.142. The van der Waals surface area contributed by atoms with Crippen LogP contribution in [0.3, 0.4) is 0 Å². The zero-order valence-corrected chi connectivity index (χ0v) is 19.9. The van der Waals surface area contributed by atoms with Crippen molar-refractivity contribution in [1.82, 2.24) is 29.7 Å². The summed E-state index contributed by atoms with van der Waals surface area (Å²) in [5.41, 5.74) is 2.37. The Labute approximate surface area is 209 Å². The number of alkyl halides is 3. The van der Waals surface area contributed by atoms with Crippen LogP contribution in [0.4, 0.5) is 19.1 Å². The van der Waals surface area contributed by atoms with E-state index in [2.05, 4.69) is 30.6 Å². The molecule has 0 aromatic carbocycles. The van der Waals surface area contributed by atoms with Gasteiger partial charge in [-0.2, -0.15) is 18.2 Å². The highest BCUT2D eigenvalue weighted by atomic mass is 19.4. The molecule has 4 aromatic rings. The second kappa shape index (κ2) is 9.29. The van der Waals surface area contributed by atoms with Gasteiger partial charge in [0.15, 0.2) is 5.65 Å². The van der Waals surface area contributed by atoms with Crippen molar-refractivity contribution in [3.05, 3.63) is 47.9 Å². The molecule has 194 valence electrons. The van der Waals surface area contributed by atoms with Gasteiger partial charge in [-0.15, -0.1) is 10.2 Å². The van der Waals surface area contributed by atoms with Crippen LogP contribution < -0.4 is 10.1 Å². The fraction of sp³-hybridized carbons (Fsp3) is 0.458. The predicted molar refractivity (Wildman–Crippen MR) is 124 cm³/mol. The number of rotatable bonds is 6. The van der Waals surface area contributed by atoms with Crippen LogP contribution in [0, 0.1) is 6.92 Å². The lowest BCUT2D eigenvalue weighted by atomic mass is 9.85. The minimum Gasteiger partial charge on any atom is -0.469 e. The summed E-state index contributed by atoms with van der Waals surface area (Å²) in [6, 6.07) is 3.81. The third kappa shape index (κ3) is 4.70. The van der Waals surface area contributed by atoms with Crippen LogP contribution in [0.15, 0.2) is 35.3 Å². The molecule has 0 amide bonds. The Balaban J connectivity index is 1.22. The Morgan fingerprint density at radius 2 is 2.03 bits per heavy atom. The van der Waals surface area contributed by atoms with Crippen LogP contribution in [0.1, 0.15) is 48.7 Å². The first kappa shape index (κ1) is 23.6. The molecule has 13 heteroatoms. The first-order valence-electron chi connectivity index (χ1n) is 12.1. The highest BCUT2D eigenvalue weighted by Gasteiger charge is 2.38. The third-order valence-corrected chi connectivity index (χ3v) is 6.81. The molecule has 0 radical (unpaired) electrons. The normalized spacial score (nSPS) is 20.6. The van der Waals surface area contributed by atoms with Crippen molar-refractivity contribution in [3.63, 3.8) is 0 Å².